The highest BCUT2D eigenvalue weighted by Gasteiger charge is 2.37. The van der Waals surface area contributed by atoms with Gasteiger partial charge in [0.15, 0.2) is 0 Å². The van der Waals surface area contributed by atoms with Crippen molar-refractivity contribution in [2.75, 3.05) is 0 Å². The van der Waals surface area contributed by atoms with Crippen molar-refractivity contribution in [3.05, 3.63) is 86.6 Å². The van der Waals surface area contributed by atoms with E-state index in [-0.39, 0.29) is 10.8 Å². The second-order valence-corrected chi connectivity index (χ2v) is 10.9. The largest absolute Gasteiger partial charge is 0.478 e. The zero-order valence-electron chi connectivity index (χ0n) is 19.0. The maximum atomic E-state index is 11.1. The van der Waals surface area contributed by atoms with Crippen molar-refractivity contribution in [1.29, 1.82) is 0 Å². The predicted molar refractivity (Wildman–Crippen MR) is 133 cm³/mol. The van der Waals surface area contributed by atoms with Crippen LogP contribution < -0.4 is 0 Å². The van der Waals surface area contributed by atoms with Crippen LogP contribution in [-0.4, -0.2) is 20.9 Å². The maximum absolute atomic E-state index is 11.1. The molecule has 1 N–H and O–H groups in total. The van der Waals surface area contributed by atoms with Crippen LogP contribution in [0.4, 0.5) is 0 Å². The van der Waals surface area contributed by atoms with Crippen LogP contribution in [0.2, 0.25) is 0 Å². The molecule has 1 aliphatic carbocycles. The average molecular weight is 493 g/mol. The lowest BCUT2D eigenvalue weighted by atomic mass is 9.62. The van der Waals surface area contributed by atoms with Crippen LogP contribution in [-0.2, 0) is 17.4 Å². The summed E-state index contributed by atoms with van der Waals surface area (Å²) in [5.41, 5.74) is 6.78. The first kappa shape index (κ1) is 22.5. The van der Waals surface area contributed by atoms with E-state index in [9.17, 15) is 4.79 Å². The molecule has 5 heteroatoms. The van der Waals surface area contributed by atoms with Crippen molar-refractivity contribution in [3.63, 3.8) is 0 Å². The van der Waals surface area contributed by atoms with E-state index in [1.54, 1.807) is 12.1 Å². The van der Waals surface area contributed by atoms with Gasteiger partial charge in [-0.1, -0.05) is 64.1 Å². The van der Waals surface area contributed by atoms with Gasteiger partial charge in [-0.3, -0.25) is 4.68 Å². The van der Waals surface area contributed by atoms with Crippen LogP contribution in [0.3, 0.4) is 0 Å². The quantitative estimate of drug-likeness (QED) is 0.393. The van der Waals surface area contributed by atoms with Gasteiger partial charge >= 0.3 is 5.97 Å². The standard InChI is InChI=1S/C27H29BrN2O2/c1-26(2)11-12-27(3,4)24-14-21(16-30-17-22(28)15-29-30)20(13-23(24)26)10-7-18-5-8-19(9-6-18)25(31)32/h5-10,13-15,17H,11-12,16H2,1-4H3,(H,31,32)/b10-7+. The van der Waals surface area contributed by atoms with Crippen molar-refractivity contribution >= 4 is 34.1 Å². The minimum Gasteiger partial charge on any atom is -0.478 e. The first-order chi connectivity index (χ1) is 15.0. The van der Waals surface area contributed by atoms with E-state index >= 15 is 0 Å². The maximum Gasteiger partial charge on any atom is 0.335 e. The van der Waals surface area contributed by atoms with Crippen LogP contribution in [0, 0.1) is 0 Å². The fourth-order valence-corrected chi connectivity index (χ4v) is 4.82. The van der Waals surface area contributed by atoms with Gasteiger partial charge in [-0.15, -0.1) is 0 Å². The van der Waals surface area contributed by atoms with E-state index in [1.807, 2.05) is 29.2 Å². The molecule has 2 aromatic carbocycles. The fraction of sp³-hybridized carbons (Fsp3) is 0.333. The highest BCUT2D eigenvalue weighted by atomic mass is 79.9. The molecule has 0 aliphatic heterocycles. The lowest BCUT2D eigenvalue weighted by Gasteiger charge is -2.42. The number of hydrogen-bond acceptors (Lipinski definition) is 2. The monoisotopic (exact) mass is 492 g/mol. The van der Waals surface area contributed by atoms with Gasteiger partial charge in [0.1, 0.15) is 0 Å². The number of hydrogen-bond donors (Lipinski definition) is 1. The molecule has 0 radical (unpaired) electrons. The van der Waals surface area contributed by atoms with E-state index in [0.717, 1.165) is 16.5 Å². The Morgan fingerprint density at radius 3 is 2.25 bits per heavy atom. The molecule has 0 unspecified atom stereocenters. The summed E-state index contributed by atoms with van der Waals surface area (Å²) in [5.74, 6) is -0.910. The number of benzene rings is 2. The van der Waals surface area contributed by atoms with Crippen molar-refractivity contribution in [3.8, 4) is 0 Å². The molecule has 1 aromatic heterocycles. The molecule has 0 bridgehead atoms. The van der Waals surface area contributed by atoms with Gasteiger partial charge in [0.2, 0.25) is 0 Å². The second kappa shape index (κ2) is 8.36. The van der Waals surface area contributed by atoms with E-state index in [0.29, 0.717) is 12.1 Å². The molecule has 1 heterocycles. The lowest BCUT2D eigenvalue weighted by Crippen LogP contribution is -2.34. The first-order valence-electron chi connectivity index (χ1n) is 10.9. The number of rotatable bonds is 5. The molecule has 4 rings (SSSR count). The number of fused-ring (bicyclic) bond motifs is 1. The number of carboxylic acids is 1. The zero-order chi connectivity index (χ0) is 23.1. The summed E-state index contributed by atoms with van der Waals surface area (Å²) in [7, 11) is 0. The van der Waals surface area contributed by atoms with E-state index < -0.39 is 5.97 Å². The number of halogens is 1. The van der Waals surface area contributed by atoms with Gasteiger partial charge in [0, 0.05) is 6.20 Å². The Morgan fingerprint density at radius 2 is 1.69 bits per heavy atom. The van der Waals surface area contributed by atoms with Gasteiger partial charge in [0.25, 0.3) is 0 Å². The Morgan fingerprint density at radius 1 is 1.06 bits per heavy atom. The second-order valence-electron chi connectivity index (χ2n) is 9.98. The summed E-state index contributed by atoms with van der Waals surface area (Å²) in [6.45, 7) is 10.0. The van der Waals surface area contributed by atoms with Gasteiger partial charge in [-0.05, 0) is 79.6 Å². The number of nitrogens with zero attached hydrogens (tertiary/aromatic N) is 2. The molecular formula is C27H29BrN2O2. The third-order valence-corrected chi connectivity index (χ3v) is 7.07. The molecule has 0 amide bonds. The molecule has 0 atom stereocenters. The van der Waals surface area contributed by atoms with Crippen molar-refractivity contribution in [2.45, 2.75) is 57.9 Å². The SMILES string of the molecule is CC1(C)CCC(C)(C)c2cc(Cn3cc(Br)cn3)c(/C=C/c3ccc(C(=O)O)cc3)cc21. The lowest BCUT2D eigenvalue weighted by molar-refractivity contribution is 0.0697. The molecule has 166 valence electrons. The Balaban J connectivity index is 1.79. The van der Waals surface area contributed by atoms with E-state index in [2.05, 4.69) is 73.0 Å². The third-order valence-electron chi connectivity index (χ3n) is 6.66. The molecule has 32 heavy (non-hydrogen) atoms. The molecule has 0 saturated heterocycles. The molecule has 3 aromatic rings. The summed E-state index contributed by atoms with van der Waals surface area (Å²) in [6, 6.07) is 11.7. The highest BCUT2D eigenvalue weighted by molar-refractivity contribution is 9.10. The van der Waals surface area contributed by atoms with Crippen LogP contribution in [0.25, 0.3) is 12.2 Å². The smallest absolute Gasteiger partial charge is 0.335 e. The van der Waals surface area contributed by atoms with Gasteiger partial charge in [0.05, 0.1) is 22.8 Å². The molecule has 4 nitrogen and oxygen atoms in total. The van der Waals surface area contributed by atoms with Crippen molar-refractivity contribution < 1.29 is 9.90 Å². The van der Waals surface area contributed by atoms with Gasteiger partial charge in [-0.2, -0.15) is 5.10 Å². The molecule has 0 fully saturated rings. The van der Waals surface area contributed by atoms with E-state index in [4.69, 9.17) is 5.11 Å². The number of aromatic carboxylic acids is 1. The Labute approximate surface area is 198 Å². The van der Waals surface area contributed by atoms with Crippen LogP contribution in [0.15, 0.2) is 53.3 Å². The number of carboxylic acid groups (broad SMARTS) is 1. The summed E-state index contributed by atoms with van der Waals surface area (Å²) < 4.78 is 2.92. The Hall–Kier alpha value is -2.66. The minimum atomic E-state index is -0.910. The Kier molecular flexibility index (Phi) is 5.89. The zero-order valence-corrected chi connectivity index (χ0v) is 20.6. The average Bonchev–Trinajstić information content (AvgIpc) is 3.15. The van der Waals surface area contributed by atoms with Crippen molar-refractivity contribution in [2.24, 2.45) is 0 Å². The van der Waals surface area contributed by atoms with Crippen LogP contribution in [0.1, 0.15) is 78.7 Å². The van der Waals surface area contributed by atoms with Crippen LogP contribution in [0.5, 0.6) is 0 Å². The fourth-order valence-electron chi connectivity index (χ4n) is 4.49. The summed E-state index contributed by atoms with van der Waals surface area (Å²) >= 11 is 3.50. The molecular weight excluding hydrogens is 464 g/mol. The normalized spacial score (nSPS) is 16.8. The molecule has 1 aliphatic rings. The number of aromatic nitrogens is 2. The van der Waals surface area contributed by atoms with Crippen LogP contribution >= 0.6 is 15.9 Å². The Bertz CT molecular complexity index is 1190. The summed E-state index contributed by atoms with van der Waals surface area (Å²) in [4.78, 5) is 11.1. The highest BCUT2D eigenvalue weighted by Crippen LogP contribution is 2.46. The third kappa shape index (κ3) is 4.58. The molecule has 0 saturated carbocycles. The number of carbonyl (C=O) groups is 1. The molecule has 0 spiro atoms. The summed E-state index contributed by atoms with van der Waals surface area (Å²) in [6.07, 6.45) is 10.3. The minimum absolute atomic E-state index is 0.129. The predicted octanol–water partition coefficient (Wildman–Crippen LogP) is 6.91. The van der Waals surface area contributed by atoms with Crippen molar-refractivity contribution in [1.82, 2.24) is 9.78 Å². The summed E-state index contributed by atoms with van der Waals surface area (Å²) in [5, 5.41) is 13.6. The first-order valence-corrected chi connectivity index (χ1v) is 11.7. The van der Waals surface area contributed by atoms with Gasteiger partial charge < -0.3 is 5.11 Å². The van der Waals surface area contributed by atoms with Gasteiger partial charge in [-0.25, -0.2) is 4.79 Å². The van der Waals surface area contributed by atoms with E-state index in [1.165, 1.54) is 28.7 Å². The topological polar surface area (TPSA) is 55.1 Å².